The van der Waals surface area contributed by atoms with Crippen LogP contribution in [0.4, 0.5) is 0 Å². The fraction of sp³-hybridized carbons (Fsp3) is 0. The summed E-state index contributed by atoms with van der Waals surface area (Å²) < 4.78 is 0. The fourth-order valence-electron chi connectivity index (χ4n) is 2.87. The van der Waals surface area contributed by atoms with Crippen molar-refractivity contribution < 1.29 is 4.79 Å². The highest BCUT2D eigenvalue weighted by Crippen LogP contribution is 2.47. The molecule has 0 atom stereocenters. The van der Waals surface area contributed by atoms with E-state index in [4.69, 9.17) is 5.73 Å². The van der Waals surface area contributed by atoms with Gasteiger partial charge in [0.2, 0.25) is 0 Å². The molecule has 18 heavy (non-hydrogen) atoms. The van der Waals surface area contributed by atoms with E-state index in [1.165, 1.54) is 10.8 Å². The first-order valence-electron chi connectivity index (χ1n) is 5.81. The molecule has 0 aliphatic heterocycles. The number of primary amides is 1. The van der Waals surface area contributed by atoms with Crippen LogP contribution in [0.15, 0.2) is 42.6 Å². The molecule has 1 aliphatic carbocycles. The number of hydrogen-bond donors (Lipinski definition) is 2. The first-order chi connectivity index (χ1) is 8.77. The van der Waals surface area contributed by atoms with E-state index in [0.717, 1.165) is 22.4 Å². The van der Waals surface area contributed by atoms with E-state index >= 15 is 0 Å². The average molecular weight is 234 g/mol. The van der Waals surface area contributed by atoms with Crippen LogP contribution < -0.4 is 5.73 Å². The molecular weight excluding hydrogens is 224 g/mol. The molecule has 1 aliphatic rings. The van der Waals surface area contributed by atoms with Crippen molar-refractivity contribution in [3.05, 3.63) is 48.2 Å². The van der Waals surface area contributed by atoms with Crippen LogP contribution in [0.5, 0.6) is 0 Å². The van der Waals surface area contributed by atoms with E-state index in [9.17, 15) is 4.79 Å². The molecule has 2 aromatic carbocycles. The van der Waals surface area contributed by atoms with E-state index in [-0.39, 0.29) is 0 Å². The van der Waals surface area contributed by atoms with Gasteiger partial charge in [-0.15, -0.1) is 0 Å². The Bertz CT molecular complexity index is 809. The molecule has 0 bridgehead atoms. The van der Waals surface area contributed by atoms with Crippen molar-refractivity contribution in [2.75, 3.05) is 0 Å². The molecule has 3 nitrogen and oxygen atoms in total. The van der Waals surface area contributed by atoms with Crippen LogP contribution in [0.2, 0.25) is 0 Å². The molecule has 3 heteroatoms. The Hall–Kier alpha value is -2.55. The molecule has 86 valence electrons. The minimum atomic E-state index is -0.391. The van der Waals surface area contributed by atoms with Gasteiger partial charge in [0.25, 0.3) is 5.91 Å². The van der Waals surface area contributed by atoms with E-state index in [1.54, 1.807) is 6.20 Å². The third-order valence-electron chi connectivity index (χ3n) is 3.59. The Kier molecular flexibility index (Phi) is 1.59. The largest absolute Gasteiger partial charge is 0.366 e. The average Bonchev–Trinajstić information content (AvgIpc) is 2.92. The maximum atomic E-state index is 11.5. The number of aromatic amines is 1. The molecule has 3 N–H and O–H groups in total. The van der Waals surface area contributed by atoms with Crippen LogP contribution in [0.3, 0.4) is 0 Å². The summed E-state index contributed by atoms with van der Waals surface area (Å²) in [4.78, 5) is 14.7. The summed E-state index contributed by atoms with van der Waals surface area (Å²) in [5.74, 6) is -0.391. The molecule has 4 rings (SSSR count). The van der Waals surface area contributed by atoms with Crippen LogP contribution in [0.1, 0.15) is 10.4 Å². The predicted molar refractivity (Wildman–Crippen MR) is 71.2 cm³/mol. The van der Waals surface area contributed by atoms with Gasteiger partial charge in [0.05, 0.1) is 11.3 Å². The molecule has 1 amide bonds. The van der Waals surface area contributed by atoms with Gasteiger partial charge in [-0.3, -0.25) is 4.79 Å². The highest BCUT2D eigenvalue weighted by Gasteiger charge is 2.26. The molecule has 0 spiro atoms. The molecule has 0 fully saturated rings. The van der Waals surface area contributed by atoms with Crippen LogP contribution in [0, 0.1) is 0 Å². The number of aromatic nitrogens is 1. The minimum absolute atomic E-state index is 0.391. The monoisotopic (exact) mass is 234 g/mol. The molecule has 1 heterocycles. The zero-order valence-corrected chi connectivity index (χ0v) is 9.53. The van der Waals surface area contributed by atoms with Gasteiger partial charge in [0.1, 0.15) is 0 Å². The zero-order valence-electron chi connectivity index (χ0n) is 9.53. The van der Waals surface area contributed by atoms with Crippen molar-refractivity contribution in [3.63, 3.8) is 0 Å². The quantitative estimate of drug-likeness (QED) is 0.522. The zero-order chi connectivity index (χ0) is 12.3. The van der Waals surface area contributed by atoms with E-state index in [1.807, 2.05) is 18.2 Å². The van der Waals surface area contributed by atoms with Gasteiger partial charge < -0.3 is 10.7 Å². The Balaban J connectivity index is 2.22. The van der Waals surface area contributed by atoms with Crippen molar-refractivity contribution in [1.82, 2.24) is 4.98 Å². The van der Waals surface area contributed by atoms with E-state index in [2.05, 4.69) is 23.2 Å². The lowest BCUT2D eigenvalue weighted by Gasteiger charge is -2.02. The second-order valence-electron chi connectivity index (χ2n) is 4.53. The first-order valence-corrected chi connectivity index (χ1v) is 5.81. The third-order valence-corrected chi connectivity index (χ3v) is 3.59. The van der Waals surface area contributed by atoms with Gasteiger partial charge >= 0.3 is 0 Å². The topological polar surface area (TPSA) is 58.9 Å². The normalized spacial score (nSPS) is 11.8. The van der Waals surface area contributed by atoms with Crippen molar-refractivity contribution in [3.8, 4) is 22.4 Å². The number of fused-ring (bicyclic) bond motifs is 3. The second kappa shape index (κ2) is 3.01. The van der Waals surface area contributed by atoms with Crippen LogP contribution in [-0.4, -0.2) is 10.9 Å². The minimum Gasteiger partial charge on any atom is -0.366 e. The maximum absolute atomic E-state index is 11.5. The smallest absolute Gasteiger partial charge is 0.250 e. The van der Waals surface area contributed by atoms with Crippen LogP contribution >= 0.6 is 0 Å². The lowest BCUT2D eigenvalue weighted by Crippen LogP contribution is -2.10. The summed E-state index contributed by atoms with van der Waals surface area (Å²) in [6.45, 7) is 0. The molecule has 0 saturated heterocycles. The summed E-state index contributed by atoms with van der Waals surface area (Å²) in [7, 11) is 0. The molecule has 0 saturated carbocycles. The summed E-state index contributed by atoms with van der Waals surface area (Å²) >= 11 is 0. The van der Waals surface area contributed by atoms with Crippen LogP contribution in [-0.2, 0) is 0 Å². The number of H-pyrrole nitrogens is 1. The van der Waals surface area contributed by atoms with Gasteiger partial charge in [-0.25, -0.2) is 0 Å². The molecule has 3 aromatic rings. The van der Waals surface area contributed by atoms with E-state index in [0.29, 0.717) is 5.56 Å². The van der Waals surface area contributed by atoms with Gasteiger partial charge in [-0.05, 0) is 16.3 Å². The highest BCUT2D eigenvalue weighted by molar-refractivity contribution is 6.18. The highest BCUT2D eigenvalue weighted by atomic mass is 16.1. The number of hydrogen-bond acceptors (Lipinski definition) is 1. The molecular formula is C15H10N2O. The fourth-order valence-corrected chi connectivity index (χ4v) is 2.87. The first kappa shape index (κ1) is 9.48. The third kappa shape index (κ3) is 0.966. The Labute approximate surface area is 103 Å². The van der Waals surface area contributed by atoms with Gasteiger partial charge in [-0.2, -0.15) is 0 Å². The predicted octanol–water partition coefficient (Wildman–Crippen LogP) is 2.91. The Morgan fingerprint density at radius 1 is 1.06 bits per heavy atom. The van der Waals surface area contributed by atoms with Crippen molar-refractivity contribution in [2.24, 2.45) is 5.73 Å². The number of nitrogens with one attached hydrogen (secondary N) is 1. The lowest BCUT2D eigenvalue weighted by molar-refractivity contribution is 0.100. The SMILES string of the molecule is NC(=O)c1c[nH]c2c1-c1cccc3cccc-2c13. The number of carbonyl (C=O) groups is 1. The maximum Gasteiger partial charge on any atom is 0.250 e. The summed E-state index contributed by atoms with van der Waals surface area (Å²) in [6.07, 6.45) is 1.70. The number of benzene rings is 2. The summed E-state index contributed by atoms with van der Waals surface area (Å²) in [5, 5.41) is 2.38. The van der Waals surface area contributed by atoms with Gasteiger partial charge in [0, 0.05) is 17.3 Å². The number of carbonyl (C=O) groups excluding carboxylic acids is 1. The van der Waals surface area contributed by atoms with Crippen molar-refractivity contribution in [1.29, 1.82) is 0 Å². The van der Waals surface area contributed by atoms with Gasteiger partial charge in [-0.1, -0.05) is 36.4 Å². The van der Waals surface area contributed by atoms with Crippen LogP contribution in [0.25, 0.3) is 33.2 Å². The van der Waals surface area contributed by atoms with E-state index < -0.39 is 5.91 Å². The molecule has 1 aromatic heterocycles. The number of amides is 1. The Morgan fingerprint density at radius 3 is 2.50 bits per heavy atom. The van der Waals surface area contributed by atoms with Crippen molar-refractivity contribution >= 4 is 16.7 Å². The standard InChI is InChI=1S/C15H10N2O/c16-15(18)11-7-17-14-10-6-2-4-8-3-1-5-9(12(8)10)13(11)14/h1-7,17H,(H2,16,18). The Morgan fingerprint density at radius 2 is 1.78 bits per heavy atom. The molecule has 0 unspecified atom stereocenters. The van der Waals surface area contributed by atoms with Gasteiger partial charge in [0.15, 0.2) is 0 Å². The summed E-state index contributed by atoms with van der Waals surface area (Å²) in [6, 6.07) is 12.3. The molecule has 0 radical (unpaired) electrons. The van der Waals surface area contributed by atoms with Crippen molar-refractivity contribution in [2.45, 2.75) is 0 Å². The second-order valence-corrected chi connectivity index (χ2v) is 4.53. The number of nitrogens with two attached hydrogens (primary N) is 1. The number of rotatable bonds is 1. The lowest BCUT2D eigenvalue weighted by atomic mass is 10.0. The summed E-state index contributed by atoms with van der Waals surface area (Å²) in [5.41, 5.74) is 10.2.